The summed E-state index contributed by atoms with van der Waals surface area (Å²) in [5, 5.41) is 0.657. The van der Waals surface area contributed by atoms with Gasteiger partial charge in [-0.3, -0.25) is 4.57 Å². The van der Waals surface area contributed by atoms with Gasteiger partial charge in [0, 0.05) is 29.0 Å². The molecule has 0 unspecified atom stereocenters. The highest BCUT2D eigenvalue weighted by molar-refractivity contribution is 7.98. The molecule has 0 spiro atoms. The predicted molar refractivity (Wildman–Crippen MR) is 92.3 cm³/mol. The molecule has 0 N–H and O–H groups in total. The number of rotatable bonds is 4. The van der Waals surface area contributed by atoms with Crippen LogP contribution in [0.15, 0.2) is 53.7 Å². The van der Waals surface area contributed by atoms with Gasteiger partial charge >= 0.3 is 0 Å². The molecule has 0 aliphatic rings. The molecule has 0 amide bonds. The Morgan fingerprint density at radius 1 is 1.22 bits per heavy atom. The molecule has 1 heterocycles. The highest BCUT2D eigenvalue weighted by Crippen LogP contribution is 2.31. The van der Waals surface area contributed by atoms with E-state index in [1.54, 1.807) is 40.9 Å². The summed E-state index contributed by atoms with van der Waals surface area (Å²) >= 11 is 7.85. The summed E-state index contributed by atoms with van der Waals surface area (Å²) in [6, 6.07) is 10.4. The molecule has 2 aromatic carbocycles. The van der Waals surface area contributed by atoms with Gasteiger partial charge in [-0.05, 0) is 36.6 Å². The third kappa shape index (κ3) is 3.07. The van der Waals surface area contributed by atoms with Gasteiger partial charge < -0.3 is 4.74 Å². The van der Waals surface area contributed by atoms with Gasteiger partial charge in [-0.2, -0.15) is 0 Å². The van der Waals surface area contributed by atoms with Gasteiger partial charge in [-0.15, -0.1) is 11.8 Å². The molecule has 3 rings (SSSR count). The van der Waals surface area contributed by atoms with Crippen LogP contribution >= 0.6 is 23.4 Å². The molecule has 3 nitrogen and oxygen atoms in total. The smallest absolute Gasteiger partial charge is 0.147 e. The third-order valence-corrected chi connectivity index (χ3v) is 4.69. The second-order valence-corrected chi connectivity index (χ2v) is 6.04. The first-order chi connectivity index (χ1) is 11.1. The average molecular weight is 349 g/mol. The van der Waals surface area contributed by atoms with Crippen LogP contribution in [0, 0.1) is 5.82 Å². The van der Waals surface area contributed by atoms with Crippen molar-refractivity contribution in [2.24, 2.45) is 0 Å². The van der Waals surface area contributed by atoms with Crippen LogP contribution in [0.1, 0.15) is 0 Å². The molecule has 0 radical (unpaired) electrons. The number of hydrogen-bond acceptors (Lipinski definition) is 3. The summed E-state index contributed by atoms with van der Waals surface area (Å²) in [7, 11) is 1.50. The second kappa shape index (κ2) is 6.64. The summed E-state index contributed by atoms with van der Waals surface area (Å²) in [5.74, 6) is 0.596. The van der Waals surface area contributed by atoms with Gasteiger partial charge in [0.1, 0.15) is 17.4 Å². The maximum absolute atomic E-state index is 14.3. The summed E-state index contributed by atoms with van der Waals surface area (Å²) in [6.45, 7) is 0. The molecule has 3 aromatic rings. The quantitative estimate of drug-likeness (QED) is 0.616. The van der Waals surface area contributed by atoms with Crippen LogP contribution in [0.5, 0.6) is 5.75 Å². The van der Waals surface area contributed by atoms with E-state index in [0.717, 1.165) is 10.6 Å². The van der Waals surface area contributed by atoms with Crippen molar-refractivity contribution in [1.29, 1.82) is 0 Å². The number of benzene rings is 2. The SMILES string of the molecule is COc1ccc(-c2nccn2-c2ccc(SC)c(Cl)c2)c(F)c1. The van der Waals surface area contributed by atoms with Crippen molar-refractivity contribution in [3.8, 4) is 22.8 Å². The Morgan fingerprint density at radius 3 is 2.70 bits per heavy atom. The van der Waals surface area contributed by atoms with E-state index in [4.69, 9.17) is 16.3 Å². The highest BCUT2D eigenvalue weighted by atomic mass is 35.5. The molecule has 0 fully saturated rings. The van der Waals surface area contributed by atoms with Crippen LogP contribution < -0.4 is 4.74 Å². The first kappa shape index (κ1) is 15.9. The van der Waals surface area contributed by atoms with Crippen molar-refractivity contribution in [2.45, 2.75) is 4.90 Å². The zero-order chi connectivity index (χ0) is 16.4. The monoisotopic (exact) mass is 348 g/mol. The minimum absolute atomic E-state index is 0.386. The Morgan fingerprint density at radius 2 is 2.04 bits per heavy atom. The van der Waals surface area contributed by atoms with Crippen LogP contribution in [0.2, 0.25) is 5.02 Å². The van der Waals surface area contributed by atoms with Crippen LogP contribution in [0.4, 0.5) is 4.39 Å². The van der Waals surface area contributed by atoms with E-state index in [0.29, 0.717) is 22.2 Å². The van der Waals surface area contributed by atoms with Crippen LogP contribution in [-0.2, 0) is 0 Å². The molecule has 0 saturated heterocycles. The van der Waals surface area contributed by atoms with Crippen molar-refractivity contribution in [3.05, 3.63) is 59.6 Å². The minimum atomic E-state index is -0.386. The van der Waals surface area contributed by atoms with E-state index in [2.05, 4.69) is 4.98 Å². The number of methoxy groups -OCH3 is 1. The van der Waals surface area contributed by atoms with E-state index in [-0.39, 0.29) is 5.82 Å². The first-order valence-electron chi connectivity index (χ1n) is 6.85. The largest absolute Gasteiger partial charge is 0.497 e. The average Bonchev–Trinajstić information content (AvgIpc) is 3.03. The maximum Gasteiger partial charge on any atom is 0.147 e. The Hall–Kier alpha value is -1.98. The van der Waals surface area contributed by atoms with Gasteiger partial charge in [0.2, 0.25) is 0 Å². The van der Waals surface area contributed by atoms with E-state index in [1.165, 1.54) is 13.2 Å². The molecule has 0 aliphatic heterocycles. The number of nitrogens with zero attached hydrogens (tertiary/aromatic N) is 2. The molecule has 0 aliphatic carbocycles. The van der Waals surface area contributed by atoms with Crippen molar-refractivity contribution >= 4 is 23.4 Å². The summed E-state index contributed by atoms with van der Waals surface area (Å²) < 4.78 is 21.2. The van der Waals surface area contributed by atoms with Gasteiger partial charge in [0.15, 0.2) is 0 Å². The molecule has 0 saturated carbocycles. The fourth-order valence-electron chi connectivity index (χ4n) is 2.32. The van der Waals surface area contributed by atoms with Crippen molar-refractivity contribution in [2.75, 3.05) is 13.4 Å². The fourth-order valence-corrected chi connectivity index (χ4v) is 3.18. The number of ether oxygens (including phenoxy) is 1. The van der Waals surface area contributed by atoms with Crippen LogP contribution in [-0.4, -0.2) is 22.9 Å². The van der Waals surface area contributed by atoms with Crippen molar-refractivity contribution in [1.82, 2.24) is 9.55 Å². The Kier molecular flexibility index (Phi) is 4.59. The van der Waals surface area contributed by atoms with Crippen molar-refractivity contribution in [3.63, 3.8) is 0 Å². The number of aromatic nitrogens is 2. The standard InChI is InChI=1S/C17H14ClFN2OS/c1-22-12-4-5-13(15(19)10-12)17-20-7-8-21(17)11-3-6-16(23-2)14(18)9-11/h3-10H,1-2H3. The number of halogens is 2. The molecule has 23 heavy (non-hydrogen) atoms. The number of thioether (sulfide) groups is 1. The molecular formula is C17H14ClFN2OS. The summed E-state index contributed by atoms with van der Waals surface area (Å²) in [6.07, 6.45) is 5.38. The van der Waals surface area contributed by atoms with Gasteiger partial charge in [0.25, 0.3) is 0 Å². The lowest BCUT2D eigenvalue weighted by Crippen LogP contribution is -1.98. The first-order valence-corrected chi connectivity index (χ1v) is 8.45. The lowest BCUT2D eigenvalue weighted by atomic mass is 10.2. The van der Waals surface area contributed by atoms with Crippen LogP contribution in [0.25, 0.3) is 17.1 Å². The predicted octanol–water partition coefficient (Wildman–Crippen LogP) is 5.06. The molecular weight excluding hydrogens is 335 g/mol. The van der Waals surface area contributed by atoms with Gasteiger partial charge in [0.05, 0.1) is 17.7 Å². The number of hydrogen-bond donors (Lipinski definition) is 0. The highest BCUT2D eigenvalue weighted by Gasteiger charge is 2.14. The zero-order valence-corrected chi connectivity index (χ0v) is 14.2. The second-order valence-electron chi connectivity index (χ2n) is 4.79. The van der Waals surface area contributed by atoms with Gasteiger partial charge in [-0.25, -0.2) is 9.37 Å². The molecule has 0 atom stereocenters. The zero-order valence-electron chi connectivity index (χ0n) is 12.6. The molecule has 118 valence electrons. The molecule has 1 aromatic heterocycles. The number of imidazole rings is 1. The van der Waals surface area contributed by atoms with E-state index >= 15 is 0 Å². The lowest BCUT2D eigenvalue weighted by Gasteiger charge is -2.11. The normalized spacial score (nSPS) is 10.8. The Balaban J connectivity index is 2.08. The Bertz CT molecular complexity index is 850. The van der Waals surface area contributed by atoms with E-state index in [9.17, 15) is 4.39 Å². The fraction of sp³-hybridized carbons (Fsp3) is 0.118. The Labute approximate surface area is 143 Å². The lowest BCUT2D eigenvalue weighted by molar-refractivity contribution is 0.411. The summed E-state index contributed by atoms with van der Waals surface area (Å²) in [5.41, 5.74) is 1.23. The summed E-state index contributed by atoms with van der Waals surface area (Å²) in [4.78, 5) is 5.28. The van der Waals surface area contributed by atoms with E-state index < -0.39 is 0 Å². The minimum Gasteiger partial charge on any atom is -0.497 e. The maximum atomic E-state index is 14.3. The van der Waals surface area contributed by atoms with Crippen LogP contribution in [0.3, 0.4) is 0 Å². The third-order valence-electron chi connectivity index (χ3n) is 3.47. The molecule has 6 heteroatoms. The molecule has 0 bridgehead atoms. The van der Waals surface area contributed by atoms with Gasteiger partial charge in [-0.1, -0.05) is 11.6 Å². The van der Waals surface area contributed by atoms with Crippen molar-refractivity contribution < 1.29 is 9.13 Å². The van der Waals surface area contributed by atoms with E-state index in [1.807, 2.05) is 24.5 Å². The topological polar surface area (TPSA) is 27.1 Å².